The zero-order chi connectivity index (χ0) is 30.1. The van der Waals surface area contributed by atoms with Crippen molar-refractivity contribution in [1.82, 2.24) is 34.6 Å². The maximum absolute atomic E-state index is 14.4. The van der Waals surface area contributed by atoms with Crippen LogP contribution in [0.5, 0.6) is 17.2 Å². The highest BCUT2D eigenvalue weighted by molar-refractivity contribution is 5.98. The first kappa shape index (κ1) is 27.8. The minimum absolute atomic E-state index is 0.0566. The van der Waals surface area contributed by atoms with E-state index in [0.29, 0.717) is 39.9 Å². The van der Waals surface area contributed by atoms with E-state index in [1.165, 1.54) is 24.5 Å². The van der Waals surface area contributed by atoms with E-state index in [4.69, 9.17) is 20.3 Å². The number of benzene rings is 2. The van der Waals surface area contributed by atoms with Gasteiger partial charge in [0, 0.05) is 54.8 Å². The second-order valence-corrected chi connectivity index (χ2v) is 10.4. The molecule has 2 N–H and O–H groups in total. The zero-order valence-electron chi connectivity index (χ0n) is 23.6. The number of likely N-dealkylation sites (N-methyl/N-ethyl adjacent to an activating group) is 1. The molecule has 0 aliphatic heterocycles. The summed E-state index contributed by atoms with van der Waals surface area (Å²) >= 11 is 0. The van der Waals surface area contributed by atoms with E-state index in [-0.39, 0.29) is 30.3 Å². The maximum Gasteiger partial charge on any atom is 0.245 e. The van der Waals surface area contributed by atoms with Crippen LogP contribution >= 0.6 is 0 Å². The number of nitrogen functional groups attached to an aromatic ring is 1. The number of rotatable bonds is 9. The lowest BCUT2D eigenvalue weighted by Crippen LogP contribution is -2.45. The number of carbonyl (C=O) groups is 1. The maximum atomic E-state index is 14.4. The van der Waals surface area contributed by atoms with Gasteiger partial charge >= 0.3 is 0 Å². The number of aryl methyl sites for hydroxylation is 1. The number of halogens is 1. The van der Waals surface area contributed by atoms with Crippen molar-refractivity contribution < 1.29 is 18.7 Å². The summed E-state index contributed by atoms with van der Waals surface area (Å²) in [5.41, 5.74) is 9.11. The van der Waals surface area contributed by atoms with Gasteiger partial charge in [0.2, 0.25) is 5.91 Å². The van der Waals surface area contributed by atoms with Crippen molar-refractivity contribution in [2.45, 2.75) is 38.5 Å². The monoisotopic (exact) mass is 580 g/mol. The summed E-state index contributed by atoms with van der Waals surface area (Å²) in [6.07, 6.45) is 7.55. The third-order valence-electron chi connectivity index (χ3n) is 7.47. The molecule has 11 nitrogen and oxygen atoms in total. The first-order valence-corrected chi connectivity index (χ1v) is 13.7. The molecule has 6 rings (SSSR count). The molecule has 43 heavy (non-hydrogen) atoms. The second-order valence-electron chi connectivity index (χ2n) is 10.4. The number of nitrogens with zero attached hydrogens (tertiary/aromatic N) is 7. The summed E-state index contributed by atoms with van der Waals surface area (Å²) in [5, 5.41) is 5.54. The Labute approximate surface area is 246 Å². The normalized spacial score (nSPS) is 16.0. The third-order valence-corrected chi connectivity index (χ3v) is 7.47. The van der Waals surface area contributed by atoms with Gasteiger partial charge in [-0.2, -0.15) is 5.10 Å². The van der Waals surface area contributed by atoms with Crippen LogP contribution < -0.4 is 15.2 Å². The molecule has 0 bridgehead atoms. The fourth-order valence-electron chi connectivity index (χ4n) is 5.01. The smallest absolute Gasteiger partial charge is 0.245 e. The van der Waals surface area contributed by atoms with Crippen LogP contribution in [0.25, 0.3) is 22.3 Å². The van der Waals surface area contributed by atoms with Crippen molar-refractivity contribution in [3.63, 3.8) is 0 Å². The van der Waals surface area contributed by atoms with Crippen molar-refractivity contribution in [2.75, 3.05) is 12.8 Å². The Hall–Kier alpha value is -5.39. The average molecular weight is 581 g/mol. The van der Waals surface area contributed by atoms with Crippen LogP contribution in [0.4, 0.5) is 10.2 Å². The predicted octanol–water partition coefficient (Wildman–Crippen LogP) is 5.03. The molecule has 12 heteroatoms. The van der Waals surface area contributed by atoms with Crippen LogP contribution in [0.1, 0.15) is 30.3 Å². The molecule has 3 heterocycles. The molecule has 0 radical (unpaired) electrons. The number of carbonyl (C=O) groups excluding carboxylic acids is 1. The predicted molar refractivity (Wildman–Crippen MR) is 158 cm³/mol. The molecule has 1 fully saturated rings. The van der Waals surface area contributed by atoms with E-state index in [2.05, 4.69) is 26.5 Å². The second kappa shape index (κ2) is 11.5. The standard InChI is InChI=1S/C31H29FN8O3/c1-4-27(41)39(3)22-11-23(12-22)40-31-28(30(33)36-17-37-31)29(38-40)20-5-7-24(8-6-20)43-26-10-21(32)9-25(13-26)42-16-19-14-34-18(2)35-15-19/h4-10,13-15,17,22-23H,1,11-12,16H2,2-3H3,(H2,33,36,37). The SMILES string of the molecule is C=CC(=O)N(C)C1CC(n2nc(-c3ccc(Oc4cc(F)cc(OCc5cnc(C)nc5)c4)cc3)c3c(N)ncnc32)C1. The number of anilines is 1. The lowest BCUT2D eigenvalue weighted by Gasteiger charge is -2.40. The Bertz CT molecular complexity index is 1800. The minimum Gasteiger partial charge on any atom is -0.489 e. The van der Waals surface area contributed by atoms with Crippen LogP contribution in [0.15, 0.2) is 73.8 Å². The zero-order valence-corrected chi connectivity index (χ0v) is 23.6. The summed E-state index contributed by atoms with van der Waals surface area (Å²) < 4.78 is 27.9. The van der Waals surface area contributed by atoms with Gasteiger partial charge in [0.15, 0.2) is 5.65 Å². The van der Waals surface area contributed by atoms with Crippen molar-refractivity contribution in [2.24, 2.45) is 0 Å². The van der Waals surface area contributed by atoms with Gasteiger partial charge in [-0.3, -0.25) is 4.79 Å². The van der Waals surface area contributed by atoms with E-state index in [0.717, 1.165) is 24.0 Å². The van der Waals surface area contributed by atoms with Crippen molar-refractivity contribution in [1.29, 1.82) is 0 Å². The van der Waals surface area contributed by atoms with E-state index < -0.39 is 5.82 Å². The molecular formula is C31H29FN8O3. The fraction of sp³-hybridized carbons (Fsp3) is 0.226. The molecule has 1 aliphatic rings. The molecule has 218 valence electrons. The van der Waals surface area contributed by atoms with E-state index >= 15 is 0 Å². The van der Waals surface area contributed by atoms with E-state index in [1.807, 2.05) is 16.8 Å². The molecule has 1 amide bonds. The number of aromatic nitrogens is 6. The van der Waals surface area contributed by atoms with Gasteiger partial charge in [0.25, 0.3) is 0 Å². The molecule has 0 saturated heterocycles. The van der Waals surface area contributed by atoms with Gasteiger partial charge < -0.3 is 20.1 Å². The summed E-state index contributed by atoms with van der Waals surface area (Å²) in [4.78, 5) is 30.7. The first-order valence-electron chi connectivity index (χ1n) is 13.7. The van der Waals surface area contributed by atoms with E-state index in [9.17, 15) is 9.18 Å². The summed E-state index contributed by atoms with van der Waals surface area (Å²) in [7, 11) is 1.78. The number of amides is 1. The molecule has 3 aromatic heterocycles. The van der Waals surface area contributed by atoms with Crippen LogP contribution in [0.3, 0.4) is 0 Å². The highest BCUT2D eigenvalue weighted by Gasteiger charge is 2.37. The Morgan fingerprint density at radius 2 is 1.81 bits per heavy atom. The quantitative estimate of drug-likeness (QED) is 0.238. The number of fused-ring (bicyclic) bond motifs is 1. The van der Waals surface area contributed by atoms with Crippen LogP contribution in [-0.2, 0) is 11.4 Å². The van der Waals surface area contributed by atoms with E-state index in [1.54, 1.807) is 49.5 Å². The molecular weight excluding hydrogens is 551 g/mol. The third kappa shape index (κ3) is 5.71. The molecule has 0 spiro atoms. The van der Waals surface area contributed by atoms with Gasteiger partial charge in [0.1, 0.15) is 53.3 Å². The Balaban J connectivity index is 1.19. The Morgan fingerprint density at radius 3 is 2.53 bits per heavy atom. The summed E-state index contributed by atoms with van der Waals surface area (Å²) in [6.45, 7) is 5.56. The number of hydrogen-bond donors (Lipinski definition) is 1. The number of ether oxygens (including phenoxy) is 2. The summed E-state index contributed by atoms with van der Waals surface area (Å²) in [6, 6.07) is 11.6. The minimum atomic E-state index is -0.491. The van der Waals surface area contributed by atoms with Crippen molar-refractivity contribution >= 4 is 22.8 Å². The molecule has 2 aromatic carbocycles. The van der Waals surface area contributed by atoms with Gasteiger partial charge in [-0.05, 0) is 50.1 Å². The van der Waals surface area contributed by atoms with Crippen molar-refractivity contribution in [3.05, 3.63) is 91.0 Å². The highest BCUT2D eigenvalue weighted by Crippen LogP contribution is 2.40. The molecule has 0 atom stereocenters. The fourth-order valence-corrected chi connectivity index (χ4v) is 5.01. The topological polar surface area (TPSA) is 134 Å². The van der Waals surface area contributed by atoms with Gasteiger partial charge in [-0.1, -0.05) is 6.58 Å². The highest BCUT2D eigenvalue weighted by atomic mass is 19.1. The molecule has 1 saturated carbocycles. The lowest BCUT2D eigenvalue weighted by molar-refractivity contribution is -0.129. The lowest BCUT2D eigenvalue weighted by atomic mass is 9.85. The summed E-state index contributed by atoms with van der Waals surface area (Å²) in [5.74, 6) is 1.49. The Morgan fingerprint density at radius 1 is 1.09 bits per heavy atom. The van der Waals surface area contributed by atoms with Gasteiger partial charge in [0.05, 0.1) is 11.4 Å². The average Bonchev–Trinajstić information content (AvgIpc) is 3.36. The Kier molecular flexibility index (Phi) is 7.41. The molecule has 5 aromatic rings. The van der Waals surface area contributed by atoms with Crippen molar-refractivity contribution in [3.8, 4) is 28.5 Å². The first-order chi connectivity index (χ1) is 20.8. The van der Waals surface area contributed by atoms with Crippen LogP contribution in [-0.4, -0.2) is 53.6 Å². The van der Waals surface area contributed by atoms with Gasteiger partial charge in [-0.25, -0.2) is 29.0 Å². The number of nitrogens with two attached hydrogens (primary N) is 1. The van der Waals surface area contributed by atoms with Crippen LogP contribution in [0, 0.1) is 12.7 Å². The van der Waals surface area contributed by atoms with Crippen LogP contribution in [0.2, 0.25) is 0 Å². The molecule has 0 unspecified atom stereocenters. The largest absolute Gasteiger partial charge is 0.489 e. The molecule has 1 aliphatic carbocycles. The number of hydrogen-bond acceptors (Lipinski definition) is 9. The van der Waals surface area contributed by atoms with Gasteiger partial charge in [-0.15, -0.1) is 0 Å².